The number of carbonyl (C=O) groups is 1. The number of aliphatic hydroxyl groups excluding tert-OH is 1. The Morgan fingerprint density at radius 2 is 2.09 bits per heavy atom. The SMILES string of the molecule is CCC(O)CCNC(=O)c1cncc(-c2cccc(C)c2)c1. The van der Waals surface area contributed by atoms with Gasteiger partial charge in [-0.05, 0) is 31.4 Å². The molecule has 1 heterocycles. The molecule has 4 heteroatoms. The van der Waals surface area contributed by atoms with Crippen molar-refractivity contribution in [2.75, 3.05) is 6.54 Å². The van der Waals surface area contributed by atoms with E-state index >= 15 is 0 Å². The topological polar surface area (TPSA) is 62.2 Å². The van der Waals surface area contributed by atoms with Gasteiger partial charge in [-0.3, -0.25) is 9.78 Å². The lowest BCUT2D eigenvalue weighted by Crippen LogP contribution is -2.27. The molecule has 116 valence electrons. The Balaban J connectivity index is 2.06. The van der Waals surface area contributed by atoms with Crippen LogP contribution in [0, 0.1) is 6.92 Å². The van der Waals surface area contributed by atoms with E-state index in [2.05, 4.69) is 16.4 Å². The van der Waals surface area contributed by atoms with Gasteiger partial charge in [-0.25, -0.2) is 0 Å². The fourth-order valence-corrected chi connectivity index (χ4v) is 2.21. The van der Waals surface area contributed by atoms with Gasteiger partial charge in [0.2, 0.25) is 0 Å². The number of pyridine rings is 1. The zero-order valence-corrected chi connectivity index (χ0v) is 13.0. The summed E-state index contributed by atoms with van der Waals surface area (Å²) in [5.41, 5.74) is 3.67. The fraction of sp³-hybridized carbons (Fsp3) is 0.333. The van der Waals surface area contributed by atoms with Crippen LogP contribution < -0.4 is 5.32 Å². The van der Waals surface area contributed by atoms with Gasteiger partial charge in [0.25, 0.3) is 5.91 Å². The molecular weight excluding hydrogens is 276 g/mol. The second-order valence-corrected chi connectivity index (χ2v) is 5.44. The third-order valence-corrected chi connectivity index (χ3v) is 3.59. The summed E-state index contributed by atoms with van der Waals surface area (Å²) < 4.78 is 0. The molecule has 0 fully saturated rings. The third kappa shape index (κ3) is 4.40. The van der Waals surface area contributed by atoms with Gasteiger partial charge in [0, 0.05) is 24.5 Å². The Bertz CT molecular complexity index is 640. The van der Waals surface area contributed by atoms with E-state index in [4.69, 9.17) is 0 Å². The molecule has 0 aliphatic carbocycles. The zero-order chi connectivity index (χ0) is 15.9. The maximum Gasteiger partial charge on any atom is 0.252 e. The number of aliphatic hydroxyl groups is 1. The molecule has 1 amide bonds. The van der Waals surface area contributed by atoms with Crippen molar-refractivity contribution >= 4 is 5.91 Å². The summed E-state index contributed by atoms with van der Waals surface area (Å²) in [5, 5.41) is 12.3. The van der Waals surface area contributed by atoms with Crippen molar-refractivity contribution in [2.45, 2.75) is 32.8 Å². The lowest BCUT2D eigenvalue weighted by molar-refractivity contribution is 0.0941. The summed E-state index contributed by atoms with van der Waals surface area (Å²) in [7, 11) is 0. The summed E-state index contributed by atoms with van der Waals surface area (Å²) in [4.78, 5) is 16.3. The van der Waals surface area contributed by atoms with Crippen LogP contribution in [0.2, 0.25) is 0 Å². The molecule has 4 nitrogen and oxygen atoms in total. The van der Waals surface area contributed by atoms with Crippen LogP contribution in [0.25, 0.3) is 11.1 Å². The predicted octanol–water partition coefficient (Wildman–Crippen LogP) is 2.95. The van der Waals surface area contributed by atoms with Crippen molar-refractivity contribution in [2.24, 2.45) is 0 Å². The zero-order valence-electron chi connectivity index (χ0n) is 13.0. The lowest BCUT2D eigenvalue weighted by atomic mass is 10.0. The number of amides is 1. The highest BCUT2D eigenvalue weighted by molar-refractivity contribution is 5.95. The number of rotatable bonds is 6. The highest BCUT2D eigenvalue weighted by atomic mass is 16.3. The molecule has 0 aliphatic heterocycles. The van der Waals surface area contributed by atoms with Crippen molar-refractivity contribution < 1.29 is 9.90 Å². The molecule has 1 atom stereocenters. The molecule has 2 N–H and O–H groups in total. The number of nitrogens with one attached hydrogen (secondary N) is 1. The highest BCUT2D eigenvalue weighted by Crippen LogP contribution is 2.20. The average molecular weight is 298 g/mol. The number of aryl methyl sites for hydroxylation is 1. The maximum atomic E-state index is 12.1. The minimum atomic E-state index is -0.364. The third-order valence-electron chi connectivity index (χ3n) is 3.59. The van der Waals surface area contributed by atoms with E-state index < -0.39 is 0 Å². The summed E-state index contributed by atoms with van der Waals surface area (Å²) in [5.74, 6) is -0.162. The molecule has 1 aromatic heterocycles. The molecule has 0 aliphatic rings. The Labute approximate surface area is 131 Å². The van der Waals surface area contributed by atoms with Crippen LogP contribution in [0.4, 0.5) is 0 Å². The van der Waals surface area contributed by atoms with Crippen LogP contribution in [-0.4, -0.2) is 28.6 Å². The van der Waals surface area contributed by atoms with Crippen molar-refractivity contribution in [1.82, 2.24) is 10.3 Å². The van der Waals surface area contributed by atoms with Gasteiger partial charge in [-0.2, -0.15) is 0 Å². The largest absolute Gasteiger partial charge is 0.393 e. The van der Waals surface area contributed by atoms with Gasteiger partial charge in [-0.15, -0.1) is 0 Å². The Hall–Kier alpha value is -2.20. The molecule has 1 aromatic carbocycles. The van der Waals surface area contributed by atoms with E-state index in [1.807, 2.05) is 38.1 Å². The number of aromatic nitrogens is 1. The molecule has 0 saturated heterocycles. The summed E-state index contributed by atoms with van der Waals surface area (Å²) >= 11 is 0. The number of carbonyl (C=O) groups excluding carboxylic acids is 1. The molecule has 0 saturated carbocycles. The van der Waals surface area contributed by atoms with Crippen LogP contribution in [0.5, 0.6) is 0 Å². The van der Waals surface area contributed by atoms with Gasteiger partial charge in [0.05, 0.1) is 11.7 Å². The Morgan fingerprint density at radius 1 is 1.27 bits per heavy atom. The molecule has 0 bridgehead atoms. The fourth-order valence-electron chi connectivity index (χ4n) is 2.21. The van der Waals surface area contributed by atoms with Gasteiger partial charge in [-0.1, -0.05) is 36.8 Å². The maximum absolute atomic E-state index is 12.1. The van der Waals surface area contributed by atoms with Crippen molar-refractivity contribution in [3.63, 3.8) is 0 Å². The van der Waals surface area contributed by atoms with E-state index in [0.717, 1.165) is 11.1 Å². The van der Waals surface area contributed by atoms with E-state index in [-0.39, 0.29) is 12.0 Å². The number of benzene rings is 1. The molecule has 0 radical (unpaired) electrons. The monoisotopic (exact) mass is 298 g/mol. The summed E-state index contributed by atoms with van der Waals surface area (Å²) in [6.45, 7) is 4.41. The van der Waals surface area contributed by atoms with Gasteiger partial charge in [0.15, 0.2) is 0 Å². The second kappa shape index (κ2) is 7.71. The van der Waals surface area contributed by atoms with Crippen molar-refractivity contribution in [1.29, 1.82) is 0 Å². The average Bonchev–Trinajstić information content (AvgIpc) is 2.54. The minimum Gasteiger partial charge on any atom is -0.393 e. The van der Waals surface area contributed by atoms with Crippen LogP contribution in [-0.2, 0) is 0 Å². The number of hydrogen-bond donors (Lipinski definition) is 2. The quantitative estimate of drug-likeness (QED) is 0.862. The van der Waals surface area contributed by atoms with E-state index in [1.165, 1.54) is 5.56 Å². The standard InChI is InChI=1S/C18H22N2O2/c1-3-17(21)7-8-20-18(22)16-10-15(11-19-12-16)14-6-4-5-13(2)9-14/h4-6,9-12,17,21H,3,7-8H2,1-2H3,(H,20,22). The first kappa shape index (κ1) is 16.2. The second-order valence-electron chi connectivity index (χ2n) is 5.44. The Morgan fingerprint density at radius 3 is 2.82 bits per heavy atom. The Kier molecular flexibility index (Phi) is 5.67. The number of hydrogen-bond acceptors (Lipinski definition) is 3. The van der Waals surface area contributed by atoms with Crippen molar-refractivity contribution in [3.8, 4) is 11.1 Å². The van der Waals surface area contributed by atoms with Crippen LogP contribution >= 0.6 is 0 Å². The normalized spacial score (nSPS) is 12.0. The van der Waals surface area contributed by atoms with Gasteiger partial charge >= 0.3 is 0 Å². The minimum absolute atomic E-state index is 0.162. The van der Waals surface area contributed by atoms with Gasteiger partial charge in [0.1, 0.15) is 0 Å². The van der Waals surface area contributed by atoms with Crippen LogP contribution in [0.3, 0.4) is 0 Å². The smallest absolute Gasteiger partial charge is 0.252 e. The van der Waals surface area contributed by atoms with E-state index in [0.29, 0.717) is 24.9 Å². The molecular formula is C18H22N2O2. The van der Waals surface area contributed by atoms with E-state index in [1.54, 1.807) is 12.4 Å². The molecule has 2 rings (SSSR count). The molecule has 1 unspecified atom stereocenters. The predicted molar refractivity (Wildman–Crippen MR) is 87.7 cm³/mol. The summed E-state index contributed by atoms with van der Waals surface area (Å²) in [6.07, 6.45) is 4.21. The van der Waals surface area contributed by atoms with Gasteiger partial charge < -0.3 is 10.4 Å². The summed E-state index contributed by atoms with van der Waals surface area (Å²) in [6, 6.07) is 9.93. The first-order valence-electron chi connectivity index (χ1n) is 7.58. The molecule has 22 heavy (non-hydrogen) atoms. The van der Waals surface area contributed by atoms with Crippen LogP contribution in [0.15, 0.2) is 42.7 Å². The first-order valence-corrected chi connectivity index (χ1v) is 7.58. The van der Waals surface area contributed by atoms with Crippen LogP contribution in [0.1, 0.15) is 35.7 Å². The molecule has 2 aromatic rings. The lowest BCUT2D eigenvalue weighted by Gasteiger charge is -2.09. The molecule has 0 spiro atoms. The van der Waals surface area contributed by atoms with E-state index in [9.17, 15) is 9.90 Å². The van der Waals surface area contributed by atoms with Crippen molar-refractivity contribution in [3.05, 3.63) is 53.9 Å². The first-order chi connectivity index (χ1) is 10.6. The number of nitrogens with zero attached hydrogens (tertiary/aromatic N) is 1. The highest BCUT2D eigenvalue weighted by Gasteiger charge is 2.09.